The van der Waals surface area contributed by atoms with Crippen molar-refractivity contribution in [3.05, 3.63) is 30.9 Å². The first kappa shape index (κ1) is 12.4. The predicted octanol–water partition coefficient (Wildman–Crippen LogP) is 0.854. The van der Waals surface area contributed by atoms with E-state index >= 15 is 0 Å². The Balaban J connectivity index is 0.000000280. The number of carbonyl (C=O) groups excluding carboxylic acids is 1. The zero-order chi connectivity index (χ0) is 11.0. The summed E-state index contributed by atoms with van der Waals surface area (Å²) in [5.41, 5.74) is 0.288. The third-order valence-corrected chi connectivity index (χ3v) is 1.03. The Kier molecular flexibility index (Phi) is 6.06. The van der Waals surface area contributed by atoms with Crippen LogP contribution in [-0.2, 0) is 9.53 Å². The Hall–Kier alpha value is -1.62. The van der Waals surface area contributed by atoms with E-state index in [0.29, 0.717) is 0 Å². The number of rotatable bonds is 2. The number of imidazole rings is 1. The maximum atomic E-state index is 10.5. The molecule has 0 spiro atoms. The highest BCUT2D eigenvalue weighted by atomic mass is 16.6. The molecule has 0 amide bonds. The lowest BCUT2D eigenvalue weighted by Gasteiger charge is -2.04. The maximum Gasteiger partial charge on any atom is 0.335 e. The van der Waals surface area contributed by atoms with Gasteiger partial charge in [0, 0.05) is 18.0 Å². The average Bonchev–Trinajstić information content (AvgIpc) is 2.59. The number of H-pyrrole nitrogens is 1. The average molecular weight is 198 g/mol. The second-order valence-electron chi connectivity index (χ2n) is 2.55. The molecule has 1 rings (SSSR count). The number of esters is 1. The Morgan fingerprint density at radius 3 is 2.50 bits per heavy atom. The highest BCUT2D eigenvalue weighted by molar-refractivity contribution is 5.86. The van der Waals surface area contributed by atoms with Crippen LogP contribution in [0.1, 0.15) is 13.8 Å². The lowest BCUT2D eigenvalue weighted by Crippen LogP contribution is -2.13. The van der Waals surface area contributed by atoms with E-state index in [1.54, 1.807) is 18.7 Å². The molecule has 1 heterocycles. The van der Waals surface area contributed by atoms with Crippen LogP contribution in [0.3, 0.4) is 0 Å². The smallest absolute Gasteiger partial charge is 0.335 e. The Bertz CT molecular complexity index is 250. The molecule has 0 saturated carbocycles. The van der Waals surface area contributed by atoms with Crippen molar-refractivity contribution in [2.45, 2.75) is 20.1 Å². The lowest BCUT2D eigenvalue weighted by molar-refractivity contribution is -0.159. The van der Waals surface area contributed by atoms with Crippen LogP contribution >= 0.6 is 0 Å². The fourth-order valence-corrected chi connectivity index (χ4v) is 0.471. The number of hydrogen-bond donors (Lipinski definition) is 2. The molecule has 5 nitrogen and oxygen atoms in total. The lowest BCUT2D eigenvalue weighted by atomic mass is 10.4. The van der Waals surface area contributed by atoms with Crippen molar-refractivity contribution in [1.82, 2.24) is 9.97 Å². The summed E-state index contributed by atoms with van der Waals surface area (Å²) in [7, 11) is 0. The topological polar surface area (TPSA) is 75.2 Å². The highest BCUT2D eigenvalue weighted by Crippen LogP contribution is 1.94. The molecule has 0 aliphatic heterocycles. The quantitative estimate of drug-likeness (QED) is 0.419. The van der Waals surface area contributed by atoms with Gasteiger partial charge in [0.25, 0.3) is 0 Å². The Labute approximate surface area is 82.4 Å². The number of hydrogen-bond acceptors (Lipinski definition) is 4. The molecule has 0 bridgehead atoms. The van der Waals surface area contributed by atoms with Crippen molar-refractivity contribution in [3.8, 4) is 0 Å². The van der Waals surface area contributed by atoms with Gasteiger partial charge in [0.15, 0.2) is 6.29 Å². The molecule has 1 unspecified atom stereocenters. The van der Waals surface area contributed by atoms with Gasteiger partial charge < -0.3 is 14.8 Å². The number of nitrogens with zero attached hydrogens (tertiary/aromatic N) is 1. The number of aromatic amines is 1. The number of aromatic nitrogens is 2. The van der Waals surface area contributed by atoms with Gasteiger partial charge >= 0.3 is 5.97 Å². The van der Waals surface area contributed by atoms with Crippen LogP contribution in [0.2, 0.25) is 0 Å². The van der Waals surface area contributed by atoms with Crippen LogP contribution < -0.4 is 0 Å². The fourth-order valence-electron chi connectivity index (χ4n) is 0.471. The van der Waals surface area contributed by atoms with E-state index < -0.39 is 12.3 Å². The monoisotopic (exact) mass is 198 g/mol. The summed E-state index contributed by atoms with van der Waals surface area (Å²) in [6.07, 6.45) is 4.04. The molecule has 0 aliphatic rings. The molecule has 14 heavy (non-hydrogen) atoms. The van der Waals surface area contributed by atoms with Crippen LogP contribution in [-0.4, -0.2) is 27.3 Å². The summed E-state index contributed by atoms with van der Waals surface area (Å²) in [6, 6.07) is 0. The van der Waals surface area contributed by atoms with Crippen molar-refractivity contribution in [3.63, 3.8) is 0 Å². The molecule has 0 aromatic carbocycles. The molecule has 78 valence electrons. The van der Waals surface area contributed by atoms with E-state index in [4.69, 9.17) is 5.11 Å². The van der Waals surface area contributed by atoms with Crippen molar-refractivity contribution in [1.29, 1.82) is 0 Å². The van der Waals surface area contributed by atoms with Crippen molar-refractivity contribution < 1.29 is 14.6 Å². The molecule has 1 aromatic heterocycles. The van der Waals surface area contributed by atoms with Crippen LogP contribution in [0, 0.1) is 0 Å². The zero-order valence-corrected chi connectivity index (χ0v) is 8.23. The van der Waals surface area contributed by atoms with Gasteiger partial charge in [-0.1, -0.05) is 6.58 Å². The molecular weight excluding hydrogens is 184 g/mol. The van der Waals surface area contributed by atoms with Gasteiger partial charge in [-0.3, -0.25) is 0 Å². The first-order chi connectivity index (χ1) is 6.54. The van der Waals surface area contributed by atoms with E-state index in [1.165, 1.54) is 13.8 Å². The van der Waals surface area contributed by atoms with Gasteiger partial charge in [0.2, 0.25) is 0 Å². The highest BCUT2D eigenvalue weighted by Gasteiger charge is 2.04. The third kappa shape index (κ3) is 7.05. The molecule has 5 heteroatoms. The Morgan fingerprint density at radius 1 is 1.71 bits per heavy atom. The van der Waals surface area contributed by atoms with Gasteiger partial charge in [0.05, 0.1) is 6.33 Å². The minimum atomic E-state index is -1.05. The molecule has 0 fully saturated rings. The van der Waals surface area contributed by atoms with E-state index in [0.717, 1.165) is 0 Å². The van der Waals surface area contributed by atoms with Gasteiger partial charge in [0.1, 0.15) is 0 Å². The molecule has 0 saturated heterocycles. The summed E-state index contributed by atoms with van der Waals surface area (Å²) in [6.45, 7) is 6.20. The summed E-state index contributed by atoms with van der Waals surface area (Å²) in [4.78, 5) is 16.9. The van der Waals surface area contributed by atoms with Crippen LogP contribution in [0.5, 0.6) is 0 Å². The van der Waals surface area contributed by atoms with Gasteiger partial charge in [-0.25, -0.2) is 9.78 Å². The van der Waals surface area contributed by atoms with Crippen LogP contribution in [0.4, 0.5) is 0 Å². The molecule has 1 atom stereocenters. The predicted molar refractivity (Wildman–Crippen MR) is 51.2 cm³/mol. The molecule has 1 aromatic rings. The molecule has 2 N–H and O–H groups in total. The summed E-state index contributed by atoms with van der Waals surface area (Å²) in [5.74, 6) is -0.565. The second-order valence-corrected chi connectivity index (χ2v) is 2.55. The zero-order valence-electron chi connectivity index (χ0n) is 8.23. The number of ether oxygens (including phenoxy) is 1. The van der Waals surface area contributed by atoms with Crippen LogP contribution in [0.15, 0.2) is 30.9 Å². The Morgan fingerprint density at radius 2 is 2.36 bits per heavy atom. The van der Waals surface area contributed by atoms with Crippen LogP contribution in [0.25, 0.3) is 0 Å². The minimum Gasteiger partial charge on any atom is -0.433 e. The number of aliphatic hydroxyl groups is 1. The molecular formula is C9H14N2O3. The SMILES string of the molecule is C=C(C)C(=O)OC(C)O.c1c[nH]cn1. The second kappa shape index (κ2) is 6.85. The van der Waals surface area contributed by atoms with Gasteiger partial charge in [-0.15, -0.1) is 0 Å². The standard InChI is InChI=1S/C6H10O3.C3H4N2/c1-4(2)6(8)9-5(3)7;1-2-5-3-4-1/h5,7H,1H2,2-3H3;1-3H,(H,4,5). The summed E-state index contributed by atoms with van der Waals surface area (Å²) in [5, 5.41) is 8.49. The maximum absolute atomic E-state index is 10.5. The molecule has 0 aliphatic carbocycles. The first-order valence-electron chi connectivity index (χ1n) is 4.01. The van der Waals surface area contributed by atoms with E-state index in [-0.39, 0.29) is 5.57 Å². The largest absolute Gasteiger partial charge is 0.433 e. The van der Waals surface area contributed by atoms with Crippen molar-refractivity contribution in [2.75, 3.05) is 0 Å². The van der Waals surface area contributed by atoms with Crippen molar-refractivity contribution >= 4 is 5.97 Å². The summed E-state index contributed by atoms with van der Waals surface area (Å²) >= 11 is 0. The van der Waals surface area contributed by atoms with Gasteiger partial charge in [-0.05, 0) is 13.8 Å². The van der Waals surface area contributed by atoms with Gasteiger partial charge in [-0.2, -0.15) is 0 Å². The first-order valence-corrected chi connectivity index (χ1v) is 4.01. The minimum absolute atomic E-state index is 0.288. The van der Waals surface area contributed by atoms with Crippen molar-refractivity contribution in [2.24, 2.45) is 0 Å². The van der Waals surface area contributed by atoms with E-state index in [1.807, 2.05) is 0 Å². The number of carbonyl (C=O) groups is 1. The normalized spacial score (nSPS) is 10.8. The third-order valence-electron chi connectivity index (χ3n) is 1.03. The summed E-state index contributed by atoms with van der Waals surface area (Å²) < 4.78 is 4.33. The number of nitrogens with one attached hydrogen (secondary N) is 1. The van der Waals surface area contributed by atoms with E-state index in [9.17, 15) is 4.79 Å². The fraction of sp³-hybridized carbons (Fsp3) is 0.333. The van der Waals surface area contributed by atoms with E-state index in [2.05, 4.69) is 21.3 Å². The number of aliphatic hydroxyl groups excluding tert-OH is 1. The molecule has 0 radical (unpaired) electrons.